The molecule has 42 heavy (non-hydrogen) atoms. The topological polar surface area (TPSA) is 106 Å². The van der Waals surface area contributed by atoms with Crippen molar-refractivity contribution in [3.8, 4) is 22.5 Å². The summed E-state index contributed by atoms with van der Waals surface area (Å²) in [6.45, 7) is 1.81. The summed E-state index contributed by atoms with van der Waals surface area (Å²) in [4.78, 5) is 40.5. The maximum atomic E-state index is 13.8. The van der Waals surface area contributed by atoms with Crippen LogP contribution in [0.15, 0.2) is 89.3 Å². The molecule has 1 aliphatic rings. The summed E-state index contributed by atoms with van der Waals surface area (Å²) in [5, 5.41) is 15.3. The largest absolute Gasteiger partial charge is 0.455 e. The number of carbonyl (C=O) groups excluding carboxylic acids is 2. The Hall–Kier alpha value is -5.31. The Balaban J connectivity index is 1.53. The minimum Gasteiger partial charge on any atom is -0.455 e. The van der Waals surface area contributed by atoms with Crippen LogP contribution in [0.3, 0.4) is 0 Å². The number of nitrogens with one attached hydrogen (secondary N) is 1. The molecule has 1 aliphatic carbocycles. The smallest absolute Gasteiger partial charge is 0.280 e. The molecule has 9 heteroatoms. The van der Waals surface area contributed by atoms with Gasteiger partial charge in [-0.15, -0.1) is 0 Å². The van der Waals surface area contributed by atoms with E-state index in [-0.39, 0.29) is 40.1 Å². The van der Waals surface area contributed by atoms with Crippen LogP contribution in [0.25, 0.3) is 33.4 Å². The lowest BCUT2D eigenvalue weighted by Crippen LogP contribution is -2.33. The van der Waals surface area contributed by atoms with E-state index in [4.69, 9.17) is 4.42 Å². The Labute approximate surface area is 240 Å². The molecule has 1 saturated carbocycles. The number of aryl methyl sites for hydroxylation is 1. The van der Waals surface area contributed by atoms with Crippen LogP contribution in [0.5, 0.6) is 0 Å². The van der Waals surface area contributed by atoms with Crippen LogP contribution in [0, 0.1) is 22.9 Å². The first-order valence-corrected chi connectivity index (χ1v) is 13.5. The standard InChI is InChI=1S/C33H26FN3O5/c1-19-8-9-21(33(39)36(24-14-15-24)23-6-4-3-5-7-23)16-25(19)26-17-27-29(18-28(26)37(40)41)42-31(30(27)32(38)35-2)20-10-12-22(34)13-11-20/h3-13,16-18,24H,14-15H2,1-2H3,(H,35,38). The van der Waals surface area contributed by atoms with Crippen molar-refractivity contribution >= 4 is 34.2 Å². The Morgan fingerprint density at radius 3 is 2.33 bits per heavy atom. The van der Waals surface area contributed by atoms with E-state index in [9.17, 15) is 24.1 Å². The van der Waals surface area contributed by atoms with E-state index in [2.05, 4.69) is 5.32 Å². The van der Waals surface area contributed by atoms with E-state index in [0.717, 1.165) is 24.1 Å². The average Bonchev–Trinajstić information content (AvgIpc) is 3.76. The molecule has 0 spiro atoms. The third-order valence-corrected chi connectivity index (χ3v) is 7.50. The fraction of sp³-hybridized carbons (Fsp3) is 0.152. The zero-order valence-corrected chi connectivity index (χ0v) is 22.9. The van der Waals surface area contributed by atoms with Crippen LogP contribution in [0.1, 0.15) is 39.1 Å². The third-order valence-electron chi connectivity index (χ3n) is 7.50. The quantitative estimate of drug-likeness (QED) is 0.165. The first kappa shape index (κ1) is 26.9. The molecule has 8 nitrogen and oxygen atoms in total. The van der Waals surface area contributed by atoms with Gasteiger partial charge in [-0.2, -0.15) is 0 Å². The molecular weight excluding hydrogens is 537 g/mol. The molecule has 6 rings (SSSR count). The number of amides is 2. The molecule has 210 valence electrons. The summed E-state index contributed by atoms with van der Waals surface area (Å²) in [6, 6.07) is 23.0. The molecule has 0 unspecified atom stereocenters. The normalized spacial score (nSPS) is 12.7. The van der Waals surface area contributed by atoms with E-state index in [0.29, 0.717) is 22.1 Å². The number of halogens is 1. The Kier molecular flexibility index (Phi) is 6.78. The average molecular weight is 564 g/mol. The number of hydrogen-bond donors (Lipinski definition) is 1. The van der Waals surface area contributed by atoms with Gasteiger partial charge in [0.05, 0.1) is 22.1 Å². The molecule has 1 fully saturated rings. The second-order valence-corrected chi connectivity index (χ2v) is 10.3. The van der Waals surface area contributed by atoms with Gasteiger partial charge in [-0.1, -0.05) is 24.3 Å². The molecular formula is C33H26FN3O5. The highest BCUT2D eigenvalue weighted by atomic mass is 19.1. The van der Waals surface area contributed by atoms with Crippen molar-refractivity contribution in [3.63, 3.8) is 0 Å². The van der Waals surface area contributed by atoms with Crippen molar-refractivity contribution in [2.45, 2.75) is 25.8 Å². The summed E-state index contributed by atoms with van der Waals surface area (Å²) in [7, 11) is 1.47. The molecule has 5 aromatic rings. The monoisotopic (exact) mass is 563 g/mol. The summed E-state index contributed by atoms with van der Waals surface area (Å²) in [5.41, 5.74) is 3.16. The van der Waals surface area contributed by atoms with Gasteiger partial charge in [-0.05, 0) is 85.5 Å². The highest BCUT2D eigenvalue weighted by molar-refractivity contribution is 6.13. The molecule has 0 saturated heterocycles. The number of anilines is 1. The fourth-order valence-corrected chi connectivity index (χ4v) is 5.25. The van der Waals surface area contributed by atoms with Crippen molar-refractivity contribution in [2.75, 3.05) is 11.9 Å². The van der Waals surface area contributed by atoms with Gasteiger partial charge in [0, 0.05) is 35.3 Å². The van der Waals surface area contributed by atoms with E-state index in [1.165, 1.54) is 37.4 Å². The number of benzene rings is 4. The Morgan fingerprint density at radius 1 is 0.976 bits per heavy atom. The zero-order chi connectivity index (χ0) is 29.5. The van der Waals surface area contributed by atoms with E-state index >= 15 is 0 Å². The van der Waals surface area contributed by atoms with Gasteiger partial charge in [0.15, 0.2) is 0 Å². The minimum absolute atomic E-state index is 0.0984. The second kappa shape index (κ2) is 10.6. The van der Waals surface area contributed by atoms with Gasteiger partial charge < -0.3 is 14.6 Å². The summed E-state index contributed by atoms with van der Waals surface area (Å²) in [5.74, 6) is -0.941. The lowest BCUT2D eigenvalue weighted by Gasteiger charge is -2.23. The van der Waals surface area contributed by atoms with Gasteiger partial charge in [-0.3, -0.25) is 19.7 Å². The first-order chi connectivity index (χ1) is 20.3. The van der Waals surface area contributed by atoms with Crippen LogP contribution < -0.4 is 10.2 Å². The van der Waals surface area contributed by atoms with Crippen molar-refractivity contribution < 1.29 is 23.3 Å². The van der Waals surface area contributed by atoms with Crippen molar-refractivity contribution in [1.82, 2.24) is 5.32 Å². The molecule has 1 aromatic heterocycles. The minimum atomic E-state index is -0.511. The number of furan rings is 1. The predicted molar refractivity (Wildman–Crippen MR) is 158 cm³/mol. The lowest BCUT2D eigenvalue weighted by molar-refractivity contribution is -0.384. The number of carbonyl (C=O) groups is 2. The van der Waals surface area contributed by atoms with Gasteiger partial charge in [-0.25, -0.2) is 4.39 Å². The number of nitro groups is 1. The molecule has 0 radical (unpaired) electrons. The van der Waals surface area contributed by atoms with Crippen LogP contribution in [0.4, 0.5) is 15.8 Å². The predicted octanol–water partition coefficient (Wildman–Crippen LogP) is 7.29. The van der Waals surface area contributed by atoms with Crippen molar-refractivity contribution in [1.29, 1.82) is 0 Å². The molecule has 0 bridgehead atoms. The summed E-state index contributed by atoms with van der Waals surface area (Å²) >= 11 is 0. The molecule has 0 atom stereocenters. The van der Waals surface area contributed by atoms with Crippen molar-refractivity contribution in [2.24, 2.45) is 0 Å². The number of hydrogen-bond acceptors (Lipinski definition) is 5. The number of para-hydroxylation sites is 1. The van der Waals surface area contributed by atoms with Crippen LogP contribution >= 0.6 is 0 Å². The van der Waals surface area contributed by atoms with Crippen LogP contribution in [0.2, 0.25) is 0 Å². The lowest BCUT2D eigenvalue weighted by atomic mass is 9.94. The Morgan fingerprint density at radius 2 is 1.69 bits per heavy atom. The number of nitrogens with zero attached hydrogens (tertiary/aromatic N) is 2. The summed E-state index contributed by atoms with van der Waals surface area (Å²) < 4.78 is 19.6. The van der Waals surface area contributed by atoms with E-state index in [1.54, 1.807) is 29.2 Å². The van der Waals surface area contributed by atoms with Gasteiger partial charge >= 0.3 is 0 Å². The number of rotatable bonds is 7. The highest BCUT2D eigenvalue weighted by Gasteiger charge is 2.35. The first-order valence-electron chi connectivity index (χ1n) is 13.5. The molecule has 1 heterocycles. The number of fused-ring (bicyclic) bond motifs is 1. The van der Waals surface area contributed by atoms with E-state index < -0.39 is 16.6 Å². The van der Waals surface area contributed by atoms with Gasteiger partial charge in [0.25, 0.3) is 17.5 Å². The Bertz CT molecular complexity index is 1860. The highest BCUT2D eigenvalue weighted by Crippen LogP contribution is 2.42. The number of nitro benzene ring substituents is 1. The molecule has 0 aliphatic heterocycles. The summed E-state index contributed by atoms with van der Waals surface area (Å²) in [6.07, 6.45) is 1.81. The fourth-order valence-electron chi connectivity index (χ4n) is 5.25. The van der Waals surface area contributed by atoms with Crippen molar-refractivity contribution in [3.05, 3.63) is 118 Å². The molecule has 1 N–H and O–H groups in total. The maximum absolute atomic E-state index is 13.8. The maximum Gasteiger partial charge on any atom is 0.280 e. The van der Waals surface area contributed by atoms with Crippen LogP contribution in [-0.2, 0) is 0 Å². The molecule has 4 aromatic carbocycles. The second-order valence-electron chi connectivity index (χ2n) is 10.3. The SMILES string of the molecule is CNC(=O)c1c(-c2ccc(F)cc2)oc2cc([N+](=O)[O-])c(-c3cc(C(=O)N(c4ccccc4)C4CC4)ccc3C)cc12. The van der Waals surface area contributed by atoms with E-state index in [1.807, 2.05) is 37.3 Å². The van der Waals surface area contributed by atoms with Gasteiger partial charge in [0.2, 0.25) is 0 Å². The van der Waals surface area contributed by atoms with Crippen LogP contribution in [-0.4, -0.2) is 29.8 Å². The molecule has 2 amide bonds. The third kappa shape index (κ3) is 4.79. The zero-order valence-electron chi connectivity index (χ0n) is 22.9. The van der Waals surface area contributed by atoms with Gasteiger partial charge in [0.1, 0.15) is 17.2 Å².